The van der Waals surface area contributed by atoms with Gasteiger partial charge in [0.1, 0.15) is 0 Å². The van der Waals surface area contributed by atoms with Crippen molar-refractivity contribution in [1.29, 1.82) is 0 Å². The van der Waals surface area contributed by atoms with Gasteiger partial charge in [0.05, 0.1) is 0 Å². The van der Waals surface area contributed by atoms with Crippen LogP contribution in [0.2, 0.25) is 0 Å². The van der Waals surface area contributed by atoms with Crippen molar-refractivity contribution in [2.75, 3.05) is 0 Å². The number of rotatable bonds is 3. The molecule has 9 heteroatoms. The summed E-state index contributed by atoms with van der Waals surface area (Å²) >= 11 is 0.318. The minimum Gasteiger partial charge on any atom is -1.00 e. The molecule has 72 valence electrons. The molecule has 0 rings (SSSR count). The van der Waals surface area contributed by atoms with Crippen LogP contribution >= 0.6 is 0 Å². The summed E-state index contributed by atoms with van der Waals surface area (Å²) in [6, 6.07) is 0. The smallest absolute Gasteiger partial charge is 1.00 e. The Bertz CT molecular complexity index is 173. The van der Waals surface area contributed by atoms with Crippen LogP contribution in [0.3, 0.4) is 0 Å². The summed E-state index contributed by atoms with van der Waals surface area (Å²) in [7, 11) is 0. The molecule has 2 unspecified atom stereocenters. The van der Waals surface area contributed by atoms with Gasteiger partial charge in [-0.1, -0.05) is 0 Å². The molecule has 0 saturated carbocycles. The van der Waals surface area contributed by atoms with E-state index in [1.54, 1.807) is 0 Å². The summed E-state index contributed by atoms with van der Waals surface area (Å²) in [5, 5.41) is 17.8. The van der Waals surface area contributed by atoms with Crippen molar-refractivity contribution in [2.24, 2.45) is 0 Å². The zero-order chi connectivity index (χ0) is 9.72. The van der Waals surface area contributed by atoms with E-state index in [4.69, 9.17) is 10.2 Å². The van der Waals surface area contributed by atoms with Gasteiger partial charge in [0, 0.05) is 0 Å². The molecule has 0 radical (unpaired) electrons. The SMILES string of the molecule is O=C([O][SbH2])C(O)C(O)C(=O)[O][SbH2].[H-].[K+]. The Balaban J connectivity index is -0.000000605. The molecule has 13 heavy (non-hydrogen) atoms. The summed E-state index contributed by atoms with van der Waals surface area (Å²) in [6.45, 7) is 0. The standard InChI is InChI=1S/C4H6O6.K.2Sb.5H/c5-1(3(7)8)2(6)4(9)10;;;;;;;;/h1-2,5-6H,(H,7,8)(H,9,10);;;;;;;;/q;3*+1;;;;;-1/p-2. The number of carbonyl (C=O) groups is 2. The normalized spacial score (nSPS) is 13.5. The van der Waals surface area contributed by atoms with Gasteiger partial charge in [0.25, 0.3) is 0 Å². The fourth-order valence-electron chi connectivity index (χ4n) is 0.397. The first-order valence-electron chi connectivity index (χ1n) is 2.71. The third-order valence-corrected chi connectivity index (χ3v) is 2.34. The van der Waals surface area contributed by atoms with Gasteiger partial charge in [-0.25, -0.2) is 0 Å². The van der Waals surface area contributed by atoms with Gasteiger partial charge < -0.3 is 1.43 Å². The fraction of sp³-hybridized carbons (Fsp3) is 0.500. The molecule has 6 nitrogen and oxygen atoms in total. The monoisotopic (exact) mass is 434 g/mol. The van der Waals surface area contributed by atoms with Crippen LogP contribution in [-0.4, -0.2) is 81.2 Å². The average molecular weight is 436 g/mol. The van der Waals surface area contributed by atoms with Crippen LogP contribution in [0.5, 0.6) is 0 Å². The average Bonchev–Trinajstić information content (AvgIpc) is 2.12. The van der Waals surface area contributed by atoms with Crippen molar-refractivity contribution in [1.82, 2.24) is 0 Å². The first-order valence-corrected chi connectivity index (χ1v) is 5.41. The van der Waals surface area contributed by atoms with E-state index < -0.39 is 24.1 Å². The van der Waals surface area contributed by atoms with Crippen LogP contribution in [0.1, 0.15) is 1.43 Å². The van der Waals surface area contributed by atoms with Crippen molar-refractivity contribution >= 4 is 58.8 Å². The molecule has 0 aliphatic heterocycles. The molecule has 0 saturated heterocycles. The molecule has 2 atom stereocenters. The maximum Gasteiger partial charge on any atom is 1.00 e. The van der Waals surface area contributed by atoms with Crippen LogP contribution in [0.15, 0.2) is 0 Å². The first-order chi connectivity index (χ1) is 5.54. The second-order valence-corrected chi connectivity index (χ2v) is 3.11. The second-order valence-electron chi connectivity index (χ2n) is 1.76. The van der Waals surface area contributed by atoms with E-state index in [9.17, 15) is 9.59 Å². The maximum absolute atomic E-state index is 10.6. The molecule has 0 spiro atoms. The van der Waals surface area contributed by atoms with Gasteiger partial charge in [-0.15, -0.1) is 0 Å². The zero-order valence-electron chi connectivity index (χ0n) is 7.84. The zero-order valence-corrected chi connectivity index (χ0v) is 16.6. The second kappa shape index (κ2) is 9.37. The van der Waals surface area contributed by atoms with Gasteiger partial charge in [0.2, 0.25) is 0 Å². The van der Waals surface area contributed by atoms with Crippen molar-refractivity contribution in [3.05, 3.63) is 0 Å². The molecule has 0 aliphatic rings. The summed E-state index contributed by atoms with van der Waals surface area (Å²) in [5.41, 5.74) is 0. The maximum atomic E-state index is 10.6. The summed E-state index contributed by atoms with van der Waals surface area (Å²) in [5.74, 6) is -2.04. The van der Waals surface area contributed by atoms with E-state index in [-0.39, 0.29) is 99.7 Å². The molecule has 0 aromatic carbocycles. The Kier molecular flexibility index (Phi) is 12.6. The molecule has 0 bridgehead atoms. The Labute approximate surface area is 147 Å². The third kappa shape index (κ3) is 6.33. The quantitative estimate of drug-likeness (QED) is 0.428. The number of aliphatic hydroxyl groups is 2. The van der Waals surface area contributed by atoms with Gasteiger partial charge in [-0.2, -0.15) is 0 Å². The van der Waals surface area contributed by atoms with Crippen LogP contribution in [0, 0.1) is 0 Å². The van der Waals surface area contributed by atoms with Gasteiger partial charge in [0.15, 0.2) is 0 Å². The largest absolute Gasteiger partial charge is 1.00 e. The fourth-order valence-corrected chi connectivity index (χ4v) is 1.19. The summed E-state index contributed by atoms with van der Waals surface area (Å²) < 4.78 is 8.42. The predicted octanol–water partition coefficient (Wildman–Crippen LogP) is -6.99. The van der Waals surface area contributed by atoms with Crippen molar-refractivity contribution in [2.45, 2.75) is 12.2 Å². The Morgan fingerprint density at radius 3 is 1.46 bits per heavy atom. The number of hydrogen-bond acceptors (Lipinski definition) is 6. The molecule has 2 N–H and O–H groups in total. The summed E-state index contributed by atoms with van der Waals surface area (Å²) in [4.78, 5) is 21.2. The molecular formula is C4H9KO6Sb2. The van der Waals surface area contributed by atoms with E-state index in [2.05, 4.69) is 6.03 Å². The number of carbonyl (C=O) groups excluding carboxylic acids is 2. The Morgan fingerprint density at radius 1 is 1.08 bits per heavy atom. The van der Waals surface area contributed by atoms with Crippen molar-refractivity contribution in [3.63, 3.8) is 0 Å². The van der Waals surface area contributed by atoms with Crippen LogP contribution in [0.4, 0.5) is 0 Å². The topological polar surface area (TPSA) is 93.1 Å². The Hall–Kier alpha value is 2.13. The van der Waals surface area contributed by atoms with Gasteiger partial charge in [-0.05, 0) is 0 Å². The van der Waals surface area contributed by atoms with E-state index >= 15 is 0 Å². The minimum absolute atomic E-state index is 0. The van der Waals surface area contributed by atoms with Crippen molar-refractivity contribution < 1.29 is 78.6 Å². The van der Waals surface area contributed by atoms with Crippen molar-refractivity contribution in [3.8, 4) is 0 Å². The van der Waals surface area contributed by atoms with Gasteiger partial charge >= 0.3 is 148 Å². The molecule has 0 amide bonds. The predicted molar refractivity (Wildman–Crippen MR) is 42.4 cm³/mol. The van der Waals surface area contributed by atoms with E-state index in [1.165, 1.54) is 0 Å². The molecule has 0 aliphatic carbocycles. The van der Waals surface area contributed by atoms with Gasteiger partial charge in [-0.3, -0.25) is 0 Å². The Morgan fingerprint density at radius 2 is 1.31 bits per heavy atom. The first kappa shape index (κ1) is 17.5. The molecule has 0 aromatic rings. The van der Waals surface area contributed by atoms with E-state index in [1.807, 2.05) is 0 Å². The number of aliphatic hydroxyl groups excluding tert-OH is 2. The number of hydrogen-bond donors (Lipinski definition) is 2. The minimum atomic E-state index is -1.85. The van der Waals surface area contributed by atoms with Crippen LogP contribution in [0.25, 0.3) is 0 Å². The molecule has 0 heterocycles. The van der Waals surface area contributed by atoms with Crippen LogP contribution in [-0.2, 0) is 15.6 Å². The van der Waals surface area contributed by atoms with Crippen LogP contribution < -0.4 is 51.4 Å². The van der Waals surface area contributed by atoms with E-state index in [0.29, 0.717) is 0 Å². The molecule has 0 aromatic heterocycles. The molecule has 0 fully saturated rings. The van der Waals surface area contributed by atoms with E-state index in [0.717, 1.165) is 0 Å². The summed E-state index contributed by atoms with van der Waals surface area (Å²) in [6.07, 6.45) is -3.69. The third-order valence-electron chi connectivity index (χ3n) is 1.01. The molecular weight excluding hydrogens is 427 g/mol.